The highest BCUT2D eigenvalue weighted by molar-refractivity contribution is 8.15. The van der Waals surface area contributed by atoms with Gasteiger partial charge in [0.1, 0.15) is 5.25 Å². The molecule has 0 unspecified atom stereocenters. The van der Waals surface area contributed by atoms with E-state index in [1.807, 2.05) is 36.4 Å². The van der Waals surface area contributed by atoms with Crippen molar-refractivity contribution in [3.8, 4) is 0 Å². The number of aliphatic carboxylic acids is 1. The van der Waals surface area contributed by atoms with Crippen LogP contribution in [0.2, 0.25) is 0 Å². The van der Waals surface area contributed by atoms with Gasteiger partial charge in [0.25, 0.3) is 0 Å². The zero-order valence-corrected chi connectivity index (χ0v) is 11.5. The van der Waals surface area contributed by atoms with Gasteiger partial charge >= 0.3 is 5.97 Å². The van der Waals surface area contributed by atoms with Crippen LogP contribution in [0.4, 0.5) is 0 Å². The van der Waals surface area contributed by atoms with Crippen LogP contribution in [0.5, 0.6) is 0 Å². The third kappa shape index (κ3) is 3.96. The summed E-state index contributed by atoms with van der Waals surface area (Å²) in [5.74, 6) is -0.969. The number of hydrogen-bond donors (Lipinski definition) is 1. The Morgan fingerprint density at radius 1 is 0.950 bits per heavy atom. The molecule has 0 saturated heterocycles. The summed E-state index contributed by atoms with van der Waals surface area (Å²) in [6.07, 6.45) is 0.333. The van der Waals surface area contributed by atoms with E-state index < -0.39 is 11.2 Å². The topological polar surface area (TPSA) is 54.4 Å². The smallest absolute Gasteiger partial charge is 0.317 e. The van der Waals surface area contributed by atoms with Gasteiger partial charge in [0.2, 0.25) is 5.12 Å². The van der Waals surface area contributed by atoms with E-state index in [2.05, 4.69) is 0 Å². The van der Waals surface area contributed by atoms with Gasteiger partial charge in [0, 0.05) is 5.56 Å². The van der Waals surface area contributed by atoms with Gasteiger partial charge < -0.3 is 5.11 Å². The number of benzene rings is 2. The van der Waals surface area contributed by atoms with E-state index in [1.165, 1.54) is 0 Å². The summed E-state index contributed by atoms with van der Waals surface area (Å²) >= 11 is 0.862. The number of rotatable bonds is 5. The lowest BCUT2D eigenvalue weighted by molar-refractivity contribution is -0.136. The molecule has 2 aromatic carbocycles. The van der Waals surface area contributed by atoms with E-state index in [-0.39, 0.29) is 5.12 Å². The van der Waals surface area contributed by atoms with Gasteiger partial charge in [-0.2, -0.15) is 0 Å². The molecule has 0 bridgehead atoms. The quantitative estimate of drug-likeness (QED) is 0.916. The highest BCUT2D eigenvalue weighted by atomic mass is 32.2. The molecular weight excluding hydrogens is 272 g/mol. The molecule has 0 amide bonds. The molecule has 2 rings (SSSR count). The summed E-state index contributed by atoms with van der Waals surface area (Å²) in [5, 5.41) is 8.27. The van der Waals surface area contributed by atoms with Crippen LogP contribution in [0.25, 0.3) is 0 Å². The van der Waals surface area contributed by atoms with Crippen LogP contribution in [0.15, 0.2) is 60.7 Å². The molecule has 102 valence electrons. The molecule has 0 radical (unpaired) electrons. The third-order valence-corrected chi connectivity index (χ3v) is 3.90. The lowest BCUT2D eigenvalue weighted by atomic mass is 10.1. The Bertz CT molecular complexity index is 581. The lowest BCUT2D eigenvalue weighted by Gasteiger charge is -2.11. The normalized spacial score (nSPS) is 11.8. The zero-order valence-electron chi connectivity index (χ0n) is 10.7. The van der Waals surface area contributed by atoms with Crippen LogP contribution in [-0.2, 0) is 11.2 Å². The Labute approximate surface area is 121 Å². The monoisotopic (exact) mass is 286 g/mol. The van der Waals surface area contributed by atoms with Crippen molar-refractivity contribution in [3.05, 3.63) is 71.8 Å². The number of carboxylic acids is 1. The van der Waals surface area contributed by atoms with Crippen molar-refractivity contribution in [1.82, 2.24) is 0 Å². The van der Waals surface area contributed by atoms with Crippen molar-refractivity contribution in [2.45, 2.75) is 11.7 Å². The van der Waals surface area contributed by atoms with Crippen molar-refractivity contribution >= 4 is 22.8 Å². The first-order valence-corrected chi connectivity index (χ1v) is 7.07. The van der Waals surface area contributed by atoms with Crippen LogP contribution in [0.1, 0.15) is 15.9 Å². The molecule has 0 fully saturated rings. The second-order valence-electron chi connectivity index (χ2n) is 4.29. The van der Waals surface area contributed by atoms with Crippen LogP contribution in [-0.4, -0.2) is 21.4 Å². The van der Waals surface area contributed by atoms with Gasteiger partial charge in [-0.1, -0.05) is 72.4 Å². The van der Waals surface area contributed by atoms with E-state index in [1.54, 1.807) is 24.3 Å². The van der Waals surface area contributed by atoms with Gasteiger partial charge in [-0.25, -0.2) is 0 Å². The number of thioether (sulfide) groups is 1. The highest BCUT2D eigenvalue weighted by Crippen LogP contribution is 2.21. The highest BCUT2D eigenvalue weighted by Gasteiger charge is 2.23. The standard InChI is InChI=1S/C16H14O3S/c17-15(18)14(11-12-7-3-1-4-8-12)20-16(19)13-9-5-2-6-10-13/h1-10,14H,11H2,(H,17,18)/t14-/m0/s1. The maximum Gasteiger partial charge on any atom is 0.317 e. The van der Waals surface area contributed by atoms with E-state index in [0.29, 0.717) is 12.0 Å². The van der Waals surface area contributed by atoms with Gasteiger partial charge in [0.05, 0.1) is 0 Å². The molecule has 2 aromatic rings. The molecule has 20 heavy (non-hydrogen) atoms. The molecule has 0 aliphatic heterocycles. The zero-order chi connectivity index (χ0) is 14.4. The number of hydrogen-bond acceptors (Lipinski definition) is 3. The Morgan fingerprint density at radius 2 is 1.50 bits per heavy atom. The fourth-order valence-electron chi connectivity index (χ4n) is 1.78. The fourth-order valence-corrected chi connectivity index (χ4v) is 2.69. The summed E-state index contributed by atoms with van der Waals surface area (Å²) < 4.78 is 0. The van der Waals surface area contributed by atoms with Gasteiger partial charge in [-0.3, -0.25) is 9.59 Å². The largest absolute Gasteiger partial charge is 0.480 e. The van der Waals surface area contributed by atoms with Crippen LogP contribution in [0, 0.1) is 0 Å². The minimum absolute atomic E-state index is 0.214. The molecule has 0 heterocycles. The minimum atomic E-state index is -0.969. The molecule has 1 atom stereocenters. The van der Waals surface area contributed by atoms with Gasteiger partial charge in [-0.15, -0.1) is 0 Å². The predicted octanol–water partition coefficient (Wildman–Crippen LogP) is 3.26. The summed E-state index contributed by atoms with van der Waals surface area (Å²) in [5.41, 5.74) is 1.44. The number of carbonyl (C=O) groups is 2. The van der Waals surface area contributed by atoms with Crippen molar-refractivity contribution in [2.24, 2.45) is 0 Å². The molecular formula is C16H14O3S. The lowest BCUT2D eigenvalue weighted by Crippen LogP contribution is -2.21. The van der Waals surface area contributed by atoms with Crippen molar-refractivity contribution < 1.29 is 14.7 Å². The van der Waals surface area contributed by atoms with Gasteiger partial charge in [-0.05, 0) is 12.0 Å². The fraction of sp³-hybridized carbons (Fsp3) is 0.125. The average molecular weight is 286 g/mol. The molecule has 0 aliphatic carbocycles. The van der Waals surface area contributed by atoms with E-state index in [0.717, 1.165) is 17.3 Å². The Kier molecular flexibility index (Phi) is 4.96. The Morgan fingerprint density at radius 3 is 2.05 bits per heavy atom. The maximum absolute atomic E-state index is 12.0. The molecule has 4 heteroatoms. The third-order valence-electron chi connectivity index (χ3n) is 2.80. The van der Waals surface area contributed by atoms with Crippen molar-refractivity contribution in [3.63, 3.8) is 0 Å². The first kappa shape index (κ1) is 14.3. The molecule has 0 aromatic heterocycles. The summed E-state index contributed by atoms with van der Waals surface area (Å²) in [4.78, 5) is 23.3. The van der Waals surface area contributed by atoms with E-state index >= 15 is 0 Å². The van der Waals surface area contributed by atoms with Gasteiger partial charge in [0.15, 0.2) is 0 Å². The minimum Gasteiger partial charge on any atom is -0.480 e. The molecule has 0 saturated carbocycles. The number of carboxylic acid groups (broad SMARTS) is 1. The second-order valence-corrected chi connectivity index (χ2v) is 5.46. The predicted molar refractivity (Wildman–Crippen MR) is 79.9 cm³/mol. The van der Waals surface area contributed by atoms with Crippen molar-refractivity contribution in [1.29, 1.82) is 0 Å². The SMILES string of the molecule is O=C(S[C@@H](Cc1ccccc1)C(=O)O)c1ccccc1. The van der Waals surface area contributed by atoms with E-state index in [4.69, 9.17) is 0 Å². The molecule has 3 nitrogen and oxygen atoms in total. The molecule has 1 N–H and O–H groups in total. The summed E-state index contributed by atoms with van der Waals surface area (Å²) in [6.45, 7) is 0. The molecule has 0 aliphatic rings. The first-order chi connectivity index (χ1) is 9.66. The van der Waals surface area contributed by atoms with Crippen LogP contribution < -0.4 is 0 Å². The maximum atomic E-state index is 12.0. The Hall–Kier alpha value is -2.07. The second kappa shape index (κ2) is 6.91. The summed E-state index contributed by atoms with van der Waals surface area (Å²) in [6, 6.07) is 18.1. The van der Waals surface area contributed by atoms with Crippen LogP contribution in [0.3, 0.4) is 0 Å². The average Bonchev–Trinajstić information content (AvgIpc) is 2.48. The molecule has 0 spiro atoms. The van der Waals surface area contributed by atoms with Crippen LogP contribution >= 0.6 is 11.8 Å². The van der Waals surface area contributed by atoms with E-state index in [9.17, 15) is 14.7 Å². The number of carbonyl (C=O) groups excluding carboxylic acids is 1. The first-order valence-electron chi connectivity index (χ1n) is 6.19. The van der Waals surface area contributed by atoms with Crippen molar-refractivity contribution in [2.75, 3.05) is 0 Å². The Balaban J connectivity index is 2.07. The summed E-state index contributed by atoms with van der Waals surface area (Å²) in [7, 11) is 0.